The molecular formula is C17H34N4O2. The first-order valence-corrected chi connectivity index (χ1v) is 8.84. The van der Waals surface area contributed by atoms with Crippen LogP contribution in [-0.2, 0) is 9.47 Å². The maximum atomic E-state index is 5.61. The van der Waals surface area contributed by atoms with E-state index >= 15 is 0 Å². The van der Waals surface area contributed by atoms with E-state index in [2.05, 4.69) is 34.4 Å². The summed E-state index contributed by atoms with van der Waals surface area (Å²) in [7, 11) is 3.56. The second kappa shape index (κ2) is 8.31. The quantitative estimate of drug-likeness (QED) is 0.568. The van der Waals surface area contributed by atoms with Gasteiger partial charge in [-0.2, -0.15) is 0 Å². The van der Waals surface area contributed by atoms with Crippen LogP contribution in [0.3, 0.4) is 0 Å². The molecule has 0 aromatic rings. The summed E-state index contributed by atoms with van der Waals surface area (Å²) in [6, 6.07) is 0. The van der Waals surface area contributed by atoms with E-state index in [0.29, 0.717) is 0 Å². The number of hydrogen-bond donors (Lipinski definition) is 2. The van der Waals surface area contributed by atoms with Crippen LogP contribution in [0.1, 0.15) is 39.5 Å². The SMILES string of the molecule is CN=C(NCC(C)(C)OC)NCC1(N2CCCC2)CCOCC1. The molecule has 0 aliphatic carbocycles. The lowest BCUT2D eigenvalue weighted by Crippen LogP contribution is -2.59. The van der Waals surface area contributed by atoms with Gasteiger partial charge in [0.15, 0.2) is 5.96 Å². The number of nitrogens with zero attached hydrogens (tertiary/aromatic N) is 2. The lowest BCUT2D eigenvalue weighted by Gasteiger charge is -2.45. The Hall–Kier alpha value is -0.850. The molecule has 2 aliphatic heterocycles. The van der Waals surface area contributed by atoms with Gasteiger partial charge in [0, 0.05) is 46.0 Å². The molecule has 2 N–H and O–H groups in total. The molecule has 2 heterocycles. The smallest absolute Gasteiger partial charge is 0.191 e. The average Bonchev–Trinajstić information content (AvgIpc) is 3.11. The molecule has 0 atom stereocenters. The van der Waals surface area contributed by atoms with Gasteiger partial charge in [0.2, 0.25) is 0 Å². The van der Waals surface area contributed by atoms with Crippen LogP contribution in [0.5, 0.6) is 0 Å². The molecule has 0 amide bonds. The highest BCUT2D eigenvalue weighted by Gasteiger charge is 2.39. The summed E-state index contributed by atoms with van der Waals surface area (Å²) >= 11 is 0. The van der Waals surface area contributed by atoms with Crippen molar-refractivity contribution in [3.05, 3.63) is 0 Å². The topological polar surface area (TPSA) is 58.1 Å². The number of guanidine groups is 1. The molecule has 2 aliphatic rings. The van der Waals surface area contributed by atoms with E-state index in [0.717, 1.165) is 45.1 Å². The minimum atomic E-state index is -0.205. The van der Waals surface area contributed by atoms with E-state index in [1.54, 1.807) is 7.11 Å². The fourth-order valence-corrected chi connectivity index (χ4v) is 3.39. The van der Waals surface area contributed by atoms with Crippen LogP contribution in [0.15, 0.2) is 4.99 Å². The monoisotopic (exact) mass is 326 g/mol. The summed E-state index contributed by atoms with van der Waals surface area (Å²) in [5.41, 5.74) is 0.00603. The largest absolute Gasteiger partial charge is 0.381 e. The summed E-state index contributed by atoms with van der Waals surface area (Å²) < 4.78 is 11.1. The van der Waals surface area contributed by atoms with E-state index in [9.17, 15) is 0 Å². The van der Waals surface area contributed by atoms with Crippen molar-refractivity contribution in [2.45, 2.75) is 50.7 Å². The summed E-state index contributed by atoms with van der Waals surface area (Å²) in [6.45, 7) is 9.93. The van der Waals surface area contributed by atoms with Gasteiger partial charge < -0.3 is 20.1 Å². The molecule has 0 radical (unpaired) electrons. The van der Waals surface area contributed by atoms with Gasteiger partial charge in [-0.05, 0) is 52.6 Å². The van der Waals surface area contributed by atoms with Crippen molar-refractivity contribution in [3.8, 4) is 0 Å². The van der Waals surface area contributed by atoms with E-state index in [1.165, 1.54) is 25.9 Å². The Morgan fingerprint density at radius 2 is 1.87 bits per heavy atom. The van der Waals surface area contributed by atoms with Crippen molar-refractivity contribution >= 4 is 5.96 Å². The fourth-order valence-electron chi connectivity index (χ4n) is 3.39. The molecule has 0 bridgehead atoms. The van der Waals surface area contributed by atoms with Gasteiger partial charge in [-0.25, -0.2) is 0 Å². The molecule has 0 unspecified atom stereocenters. The molecule has 2 rings (SSSR count). The van der Waals surface area contributed by atoms with E-state index in [4.69, 9.17) is 9.47 Å². The van der Waals surface area contributed by atoms with Gasteiger partial charge in [-0.15, -0.1) is 0 Å². The molecule has 2 saturated heterocycles. The Bertz CT molecular complexity index is 386. The van der Waals surface area contributed by atoms with Crippen molar-refractivity contribution in [1.82, 2.24) is 15.5 Å². The zero-order valence-electron chi connectivity index (χ0n) is 15.3. The van der Waals surface area contributed by atoms with Crippen LogP contribution in [0.4, 0.5) is 0 Å². The van der Waals surface area contributed by atoms with E-state index < -0.39 is 0 Å². The second-order valence-electron chi connectivity index (χ2n) is 7.27. The third-order valence-electron chi connectivity index (χ3n) is 5.24. The lowest BCUT2D eigenvalue weighted by atomic mass is 9.88. The number of nitrogens with one attached hydrogen (secondary N) is 2. The molecule has 0 aromatic carbocycles. The van der Waals surface area contributed by atoms with Crippen LogP contribution < -0.4 is 10.6 Å². The van der Waals surface area contributed by atoms with Gasteiger partial charge >= 0.3 is 0 Å². The molecule has 0 spiro atoms. The van der Waals surface area contributed by atoms with Crippen molar-refractivity contribution in [2.75, 3.05) is 53.6 Å². The van der Waals surface area contributed by atoms with Gasteiger partial charge in [0.25, 0.3) is 0 Å². The number of rotatable bonds is 6. The van der Waals surface area contributed by atoms with Crippen molar-refractivity contribution in [2.24, 2.45) is 4.99 Å². The Labute approximate surface area is 141 Å². The second-order valence-corrected chi connectivity index (χ2v) is 7.27. The Kier molecular flexibility index (Phi) is 6.68. The Balaban J connectivity index is 1.91. The van der Waals surface area contributed by atoms with E-state index in [-0.39, 0.29) is 11.1 Å². The average molecular weight is 326 g/mol. The maximum absolute atomic E-state index is 5.61. The van der Waals surface area contributed by atoms with Gasteiger partial charge in [0.1, 0.15) is 0 Å². The molecule has 6 nitrogen and oxygen atoms in total. The predicted molar refractivity (Wildman–Crippen MR) is 94.0 cm³/mol. The first-order valence-electron chi connectivity index (χ1n) is 8.84. The molecule has 0 aromatic heterocycles. The van der Waals surface area contributed by atoms with Crippen LogP contribution in [0.25, 0.3) is 0 Å². The number of likely N-dealkylation sites (tertiary alicyclic amines) is 1. The zero-order valence-corrected chi connectivity index (χ0v) is 15.3. The number of aliphatic imine (C=N–C) groups is 1. The Morgan fingerprint density at radius 1 is 1.22 bits per heavy atom. The van der Waals surface area contributed by atoms with Crippen LogP contribution >= 0.6 is 0 Å². The van der Waals surface area contributed by atoms with E-state index in [1.807, 2.05) is 7.05 Å². The summed E-state index contributed by atoms with van der Waals surface area (Å²) in [6.07, 6.45) is 4.83. The standard InChI is InChI=1S/C17H34N4O2/c1-16(2,22-4)13-19-15(18-3)20-14-17(7-11-23-12-8-17)21-9-5-6-10-21/h5-14H2,1-4H3,(H2,18,19,20). The molecular weight excluding hydrogens is 292 g/mol. The summed E-state index contributed by atoms with van der Waals surface area (Å²) in [4.78, 5) is 7.02. The van der Waals surface area contributed by atoms with Crippen molar-refractivity contribution in [3.63, 3.8) is 0 Å². The molecule has 2 fully saturated rings. The summed E-state index contributed by atoms with van der Waals surface area (Å²) in [5.74, 6) is 0.847. The number of methoxy groups -OCH3 is 1. The first-order chi connectivity index (χ1) is 11.0. The van der Waals surface area contributed by atoms with Crippen molar-refractivity contribution in [1.29, 1.82) is 0 Å². The minimum absolute atomic E-state index is 0.205. The van der Waals surface area contributed by atoms with Gasteiger partial charge in [-0.3, -0.25) is 9.89 Å². The van der Waals surface area contributed by atoms with Crippen molar-refractivity contribution < 1.29 is 9.47 Å². The maximum Gasteiger partial charge on any atom is 0.191 e. The lowest BCUT2D eigenvalue weighted by molar-refractivity contribution is -0.0164. The highest BCUT2D eigenvalue weighted by molar-refractivity contribution is 5.79. The van der Waals surface area contributed by atoms with Crippen LogP contribution in [-0.4, -0.2) is 75.5 Å². The third-order valence-corrected chi connectivity index (χ3v) is 5.24. The first kappa shape index (κ1) is 18.5. The number of hydrogen-bond acceptors (Lipinski definition) is 4. The fraction of sp³-hybridized carbons (Fsp3) is 0.941. The molecule has 23 heavy (non-hydrogen) atoms. The summed E-state index contributed by atoms with van der Waals surface area (Å²) in [5, 5.41) is 6.91. The predicted octanol–water partition coefficient (Wildman–Crippen LogP) is 1.22. The molecule has 6 heteroatoms. The minimum Gasteiger partial charge on any atom is -0.381 e. The zero-order chi connectivity index (χ0) is 16.8. The van der Waals surface area contributed by atoms with Gasteiger partial charge in [-0.1, -0.05) is 0 Å². The molecule has 134 valence electrons. The van der Waals surface area contributed by atoms with Gasteiger partial charge in [0.05, 0.1) is 5.60 Å². The highest BCUT2D eigenvalue weighted by Crippen LogP contribution is 2.30. The Morgan fingerprint density at radius 3 is 2.43 bits per heavy atom. The third kappa shape index (κ3) is 5.06. The highest BCUT2D eigenvalue weighted by atomic mass is 16.5. The number of ether oxygens (including phenoxy) is 2. The van der Waals surface area contributed by atoms with Crippen LogP contribution in [0.2, 0.25) is 0 Å². The van der Waals surface area contributed by atoms with Crippen LogP contribution in [0, 0.1) is 0 Å². The normalized spacial score (nSPS) is 23.0. The molecule has 0 saturated carbocycles.